The van der Waals surface area contributed by atoms with Crippen molar-refractivity contribution < 1.29 is 87.0 Å². The smallest absolute Gasteiger partial charge is 0.407 e. The van der Waals surface area contributed by atoms with Gasteiger partial charge in [-0.1, -0.05) is 64.2 Å². The van der Waals surface area contributed by atoms with E-state index in [4.69, 9.17) is 48.4 Å². The third-order valence-electron chi connectivity index (χ3n) is 16.2. The topological polar surface area (TPSA) is 291 Å². The number of hydrogen-bond donors (Lipinski definition) is 6. The standard InChI is InChI=1S/C60H99N3O18/c1-10-75-26-27-77-30-31-78-29-28-76-25-23-62-59(71)80-49-22-20-44(35-52(49)74-9)34-46(61)51-37-48(64)40(4)33-42(6)54(66)55(67)53(65)41(5)32-38(2)16-12-11-13-17-39(3)50(73-8)36-45-21-19-43(7)60(72,81-45)56(68)57(69)63-24-15-14-18-47(63)58(70)79-51/h11-13,16-17,33,38,40-41,43-52,54-55,64,66-67,72H,10,14-15,18-32,34-37,61H2,1-9H3,(H,62,71)/b13-11+,16-12+,39-17+,42-33+/t38-,40-,41-,43-,44+,45+,46-,47+,48-,49-,50+,51+,52-,54-,55+,60-/m1/s1. The van der Waals surface area contributed by atoms with Gasteiger partial charge in [0.05, 0.1) is 70.7 Å². The van der Waals surface area contributed by atoms with Gasteiger partial charge in [-0.05, 0) is 108 Å². The molecule has 4 aliphatic rings. The second-order valence-corrected chi connectivity index (χ2v) is 22.6. The van der Waals surface area contributed by atoms with Crippen LogP contribution in [0.15, 0.2) is 47.6 Å². The minimum absolute atomic E-state index is 0.0313. The van der Waals surface area contributed by atoms with Crippen molar-refractivity contribution in [2.75, 3.05) is 80.2 Å². The Balaban J connectivity index is 1.52. The molecule has 0 aromatic carbocycles. The number of methoxy groups -OCH3 is 2. The van der Waals surface area contributed by atoms with E-state index in [2.05, 4.69) is 5.32 Å². The quantitative estimate of drug-likeness (QED) is 0.0437. The van der Waals surface area contributed by atoms with E-state index in [1.54, 1.807) is 40.9 Å². The zero-order chi connectivity index (χ0) is 59.6. The lowest BCUT2D eigenvalue weighted by Crippen LogP contribution is -2.61. The molecule has 2 saturated heterocycles. The van der Waals surface area contributed by atoms with E-state index in [0.29, 0.717) is 104 Å². The number of amides is 2. The summed E-state index contributed by atoms with van der Waals surface area (Å²) in [7, 11) is 3.09. The minimum Gasteiger partial charge on any atom is -0.459 e. The number of alkyl carbamates (subject to hydrolysis) is 1. The van der Waals surface area contributed by atoms with Crippen LogP contribution < -0.4 is 11.1 Å². The molecule has 3 aliphatic heterocycles. The molecule has 1 aliphatic carbocycles. The normalized spacial score (nSPS) is 35.6. The summed E-state index contributed by atoms with van der Waals surface area (Å²) < 4.78 is 51.6. The molecule has 0 spiro atoms. The Morgan fingerprint density at radius 2 is 1.47 bits per heavy atom. The Kier molecular flexibility index (Phi) is 30.9. The van der Waals surface area contributed by atoms with Crippen LogP contribution in [0.5, 0.6) is 0 Å². The summed E-state index contributed by atoms with van der Waals surface area (Å²) in [4.78, 5) is 70.8. The van der Waals surface area contributed by atoms with Gasteiger partial charge in [0.1, 0.15) is 30.5 Å². The third kappa shape index (κ3) is 22.2. The number of nitrogens with zero attached hydrogens (tertiary/aromatic N) is 1. The molecule has 0 radical (unpaired) electrons. The van der Waals surface area contributed by atoms with Crippen molar-refractivity contribution in [1.82, 2.24) is 10.2 Å². The Labute approximate surface area is 480 Å². The number of hydrogen-bond acceptors (Lipinski definition) is 19. The Bertz CT molecular complexity index is 2070. The Hall–Kier alpha value is -3.97. The number of aliphatic hydroxyl groups is 4. The highest BCUT2D eigenvalue weighted by molar-refractivity contribution is 6.39. The molecule has 0 unspecified atom stereocenters. The van der Waals surface area contributed by atoms with Crippen molar-refractivity contribution in [2.24, 2.45) is 35.3 Å². The molecule has 2 bridgehead atoms. The highest BCUT2D eigenvalue weighted by Gasteiger charge is 2.53. The lowest BCUT2D eigenvalue weighted by molar-refractivity contribution is -0.265. The van der Waals surface area contributed by atoms with Crippen molar-refractivity contribution in [2.45, 2.75) is 192 Å². The van der Waals surface area contributed by atoms with Gasteiger partial charge in [0, 0.05) is 70.6 Å². The molecule has 21 heteroatoms. The maximum atomic E-state index is 14.6. The molecule has 81 heavy (non-hydrogen) atoms. The summed E-state index contributed by atoms with van der Waals surface area (Å²) in [5, 5.41) is 49.0. The summed E-state index contributed by atoms with van der Waals surface area (Å²) in [6, 6.07) is -2.11. The number of nitrogens with one attached hydrogen (secondary N) is 1. The second-order valence-electron chi connectivity index (χ2n) is 22.6. The van der Waals surface area contributed by atoms with E-state index >= 15 is 0 Å². The van der Waals surface area contributed by atoms with Gasteiger partial charge in [0.15, 0.2) is 5.78 Å². The monoisotopic (exact) mass is 1150 g/mol. The van der Waals surface area contributed by atoms with Crippen LogP contribution in [0.2, 0.25) is 0 Å². The molecule has 462 valence electrons. The van der Waals surface area contributed by atoms with Crippen LogP contribution in [0.1, 0.15) is 126 Å². The van der Waals surface area contributed by atoms with Crippen LogP contribution in [0.25, 0.3) is 0 Å². The number of nitrogens with two attached hydrogens (primary N) is 1. The Morgan fingerprint density at radius 3 is 2.14 bits per heavy atom. The minimum atomic E-state index is -2.48. The van der Waals surface area contributed by atoms with Crippen LogP contribution in [0.4, 0.5) is 4.79 Å². The maximum absolute atomic E-state index is 14.6. The molecule has 2 amide bonds. The zero-order valence-electron chi connectivity index (χ0n) is 49.7. The van der Waals surface area contributed by atoms with E-state index in [9.17, 15) is 44.4 Å². The predicted molar refractivity (Wildman–Crippen MR) is 301 cm³/mol. The van der Waals surface area contributed by atoms with E-state index < -0.39 is 114 Å². The van der Waals surface area contributed by atoms with Gasteiger partial charge in [-0.2, -0.15) is 0 Å². The number of fused-ring (bicyclic) bond motifs is 3. The first-order valence-electron chi connectivity index (χ1n) is 29.5. The number of carbonyl (C=O) groups is 5. The number of Topliss-reactive ketones (excluding diaryl/α,β-unsaturated/α-hetero) is 2. The van der Waals surface area contributed by atoms with Gasteiger partial charge in [0.2, 0.25) is 5.79 Å². The fourth-order valence-corrected chi connectivity index (χ4v) is 11.1. The molecule has 0 aromatic heterocycles. The summed E-state index contributed by atoms with van der Waals surface area (Å²) in [6.07, 6.45) is 6.73. The van der Waals surface area contributed by atoms with Gasteiger partial charge >= 0.3 is 12.1 Å². The molecule has 16 atom stereocenters. The first-order valence-corrected chi connectivity index (χ1v) is 29.5. The number of rotatable bonds is 19. The third-order valence-corrected chi connectivity index (χ3v) is 16.2. The van der Waals surface area contributed by atoms with E-state index in [1.807, 2.05) is 51.2 Å². The summed E-state index contributed by atoms with van der Waals surface area (Å²) in [5.41, 5.74) is 8.09. The van der Waals surface area contributed by atoms with Crippen molar-refractivity contribution >= 4 is 29.5 Å². The molecule has 1 saturated carbocycles. The van der Waals surface area contributed by atoms with Gasteiger partial charge < -0.3 is 79.0 Å². The summed E-state index contributed by atoms with van der Waals surface area (Å²) in [6.45, 7) is 16.1. The van der Waals surface area contributed by atoms with E-state index in [-0.39, 0.29) is 56.4 Å². The summed E-state index contributed by atoms with van der Waals surface area (Å²) >= 11 is 0. The largest absolute Gasteiger partial charge is 0.459 e. The van der Waals surface area contributed by atoms with Gasteiger partial charge in [-0.3, -0.25) is 14.4 Å². The molecule has 3 heterocycles. The number of allylic oxidation sites excluding steroid dienone is 5. The predicted octanol–water partition coefficient (Wildman–Crippen LogP) is 4.83. The molecule has 4 rings (SSSR count). The maximum Gasteiger partial charge on any atom is 0.407 e. The van der Waals surface area contributed by atoms with Crippen molar-refractivity contribution in [1.29, 1.82) is 0 Å². The highest BCUT2D eigenvalue weighted by Crippen LogP contribution is 2.37. The fourth-order valence-electron chi connectivity index (χ4n) is 11.1. The van der Waals surface area contributed by atoms with Crippen LogP contribution in [-0.4, -0.2) is 202 Å². The number of aliphatic hydroxyl groups excluding tert-OH is 3. The highest BCUT2D eigenvalue weighted by atomic mass is 16.6. The van der Waals surface area contributed by atoms with Crippen LogP contribution in [0, 0.1) is 29.6 Å². The SMILES string of the molecule is CCOCCOCCOCCOCCNC(=O)O[C@@H]1CC[C@@H](C[C@@H](N)[C@@H]2C[C@@H](O)[C@H](C)/C=C(\C)[C@@H](O)[C@@H](O)C(=O)[C@H](C)C[C@H](C)/C=C/C=C/C=C(\C)[C@@H](OC)C[C@@H]3CC[C@@H](C)[C@@](O)(O3)C(=O)C(=O)N3CCCC[C@H]3C(=O)O2)C[C@H]1OC. The lowest BCUT2D eigenvalue weighted by Gasteiger charge is -2.42. The average molecular weight is 1150 g/mol. The molecule has 0 aromatic rings. The van der Waals surface area contributed by atoms with E-state index in [1.165, 1.54) is 7.11 Å². The van der Waals surface area contributed by atoms with Crippen molar-refractivity contribution in [3.8, 4) is 0 Å². The number of ether oxygens (including phenoxy) is 9. The zero-order valence-corrected chi connectivity index (χ0v) is 49.7. The molecular formula is C60H99N3O18. The lowest BCUT2D eigenvalue weighted by atomic mass is 9.80. The van der Waals surface area contributed by atoms with E-state index in [0.717, 1.165) is 10.5 Å². The average Bonchev–Trinajstić information content (AvgIpc) is 3.45. The van der Waals surface area contributed by atoms with Crippen LogP contribution >= 0.6 is 0 Å². The second kappa shape index (κ2) is 36.0. The molecule has 3 fully saturated rings. The van der Waals surface area contributed by atoms with Gasteiger partial charge in [-0.25, -0.2) is 9.59 Å². The summed E-state index contributed by atoms with van der Waals surface area (Å²) in [5.74, 6) is -8.32. The van der Waals surface area contributed by atoms with Gasteiger partial charge in [0.25, 0.3) is 11.7 Å². The van der Waals surface area contributed by atoms with Gasteiger partial charge in [-0.15, -0.1) is 0 Å². The molecule has 7 N–H and O–H groups in total. The fraction of sp³-hybridized carbons (Fsp3) is 0.783. The van der Waals surface area contributed by atoms with Crippen molar-refractivity contribution in [3.05, 3.63) is 47.6 Å². The molecular weight excluding hydrogens is 1050 g/mol. The van der Waals surface area contributed by atoms with Crippen molar-refractivity contribution in [3.63, 3.8) is 0 Å². The van der Waals surface area contributed by atoms with Crippen LogP contribution in [0.3, 0.4) is 0 Å². The number of esters is 1. The first kappa shape index (κ1) is 69.5. The van der Waals surface area contributed by atoms with Crippen LogP contribution in [-0.2, 0) is 61.8 Å². The number of carbonyl (C=O) groups excluding carboxylic acids is 5. The molecule has 21 nitrogen and oxygen atoms in total. The number of ketones is 2. The number of cyclic esters (lactones) is 1. The first-order chi connectivity index (χ1) is 38.6. The Morgan fingerprint density at radius 1 is 0.790 bits per heavy atom. The number of piperidine rings is 1.